The number of fused-ring (bicyclic) bond motifs is 2. The SMILES string of the molecule is Nc1nc(Cl)nc2c1nc(Cc1cc3c(cc1-c1ccn[nH]1)OCO3)n2CCC1CCNCC1. The van der Waals surface area contributed by atoms with E-state index in [1.165, 1.54) is 12.8 Å². The molecule has 2 aliphatic rings. The first-order chi connectivity index (χ1) is 16.7. The van der Waals surface area contributed by atoms with Gasteiger partial charge in [-0.25, -0.2) is 4.98 Å². The van der Waals surface area contributed by atoms with Crippen molar-refractivity contribution in [2.24, 2.45) is 5.92 Å². The number of halogens is 1. The van der Waals surface area contributed by atoms with Crippen molar-refractivity contribution in [2.75, 3.05) is 25.6 Å². The average Bonchev–Trinajstić information content (AvgIpc) is 3.58. The molecule has 6 rings (SSSR count). The maximum Gasteiger partial charge on any atom is 0.231 e. The average molecular weight is 481 g/mol. The summed E-state index contributed by atoms with van der Waals surface area (Å²) in [7, 11) is 0. The van der Waals surface area contributed by atoms with Gasteiger partial charge in [-0.05, 0) is 73.6 Å². The summed E-state index contributed by atoms with van der Waals surface area (Å²) >= 11 is 6.18. The van der Waals surface area contributed by atoms with E-state index in [2.05, 4.69) is 30.0 Å². The monoisotopic (exact) mass is 480 g/mol. The molecular weight excluding hydrogens is 456 g/mol. The van der Waals surface area contributed by atoms with Crippen LogP contribution in [-0.2, 0) is 13.0 Å². The number of nitrogen functional groups attached to an aromatic ring is 1. The van der Waals surface area contributed by atoms with Gasteiger partial charge in [-0.15, -0.1) is 0 Å². The standard InChI is InChI=1S/C23H25ClN8O2/c24-23-29-21(25)20-22(30-23)32(8-4-13-1-5-26-6-2-13)19(28-20)10-14-9-17-18(34-12-33-17)11-15(14)16-3-7-27-31-16/h3,7,9,11,13,26H,1-2,4-6,8,10,12H2,(H,27,31)(H2,25,29,30). The van der Waals surface area contributed by atoms with Crippen molar-refractivity contribution in [1.82, 2.24) is 35.0 Å². The van der Waals surface area contributed by atoms with E-state index in [-0.39, 0.29) is 17.9 Å². The summed E-state index contributed by atoms with van der Waals surface area (Å²) in [6.07, 6.45) is 5.66. The minimum Gasteiger partial charge on any atom is -0.454 e. The molecule has 176 valence electrons. The molecule has 5 heterocycles. The molecule has 4 aromatic rings. The van der Waals surface area contributed by atoms with Crippen LogP contribution < -0.4 is 20.5 Å². The first kappa shape index (κ1) is 21.2. The van der Waals surface area contributed by atoms with Gasteiger partial charge in [0.2, 0.25) is 12.1 Å². The third-order valence-electron chi connectivity index (χ3n) is 6.63. The number of aromatic amines is 1. The van der Waals surface area contributed by atoms with Gasteiger partial charge in [0.15, 0.2) is 28.5 Å². The topological polar surface area (TPSA) is 129 Å². The molecule has 0 aliphatic carbocycles. The van der Waals surface area contributed by atoms with Gasteiger partial charge in [0.25, 0.3) is 0 Å². The Labute approximate surface area is 200 Å². The zero-order chi connectivity index (χ0) is 23.1. The van der Waals surface area contributed by atoms with Crippen LogP contribution in [0, 0.1) is 5.92 Å². The second-order valence-corrected chi connectivity index (χ2v) is 9.06. The van der Waals surface area contributed by atoms with Crippen molar-refractivity contribution in [2.45, 2.75) is 32.2 Å². The van der Waals surface area contributed by atoms with E-state index in [1.54, 1.807) is 6.20 Å². The predicted octanol–water partition coefficient (Wildman–Crippen LogP) is 3.16. The van der Waals surface area contributed by atoms with E-state index >= 15 is 0 Å². The third kappa shape index (κ3) is 3.92. The normalized spacial score (nSPS) is 15.9. The predicted molar refractivity (Wildman–Crippen MR) is 128 cm³/mol. The third-order valence-corrected chi connectivity index (χ3v) is 6.80. The molecule has 0 spiro atoms. The Bertz CT molecular complexity index is 1330. The molecule has 0 saturated carbocycles. The lowest BCUT2D eigenvalue weighted by Gasteiger charge is -2.23. The fourth-order valence-corrected chi connectivity index (χ4v) is 5.02. The van der Waals surface area contributed by atoms with Crippen LogP contribution in [0.5, 0.6) is 11.5 Å². The largest absolute Gasteiger partial charge is 0.454 e. The molecule has 0 amide bonds. The molecule has 0 unspecified atom stereocenters. The number of nitrogens with two attached hydrogens (primary N) is 1. The molecule has 3 aromatic heterocycles. The molecule has 0 atom stereocenters. The number of imidazole rings is 1. The molecule has 1 aromatic carbocycles. The van der Waals surface area contributed by atoms with Crippen molar-refractivity contribution < 1.29 is 9.47 Å². The van der Waals surface area contributed by atoms with E-state index in [9.17, 15) is 0 Å². The van der Waals surface area contributed by atoms with Crippen molar-refractivity contribution in [3.8, 4) is 22.8 Å². The van der Waals surface area contributed by atoms with Crippen LogP contribution in [0.4, 0.5) is 5.82 Å². The van der Waals surface area contributed by atoms with Gasteiger partial charge in [0.1, 0.15) is 5.82 Å². The van der Waals surface area contributed by atoms with E-state index in [4.69, 9.17) is 31.8 Å². The van der Waals surface area contributed by atoms with Gasteiger partial charge in [0.05, 0.1) is 5.69 Å². The van der Waals surface area contributed by atoms with Crippen molar-refractivity contribution in [3.63, 3.8) is 0 Å². The molecule has 10 nitrogen and oxygen atoms in total. The zero-order valence-corrected chi connectivity index (χ0v) is 19.3. The zero-order valence-electron chi connectivity index (χ0n) is 18.6. The van der Waals surface area contributed by atoms with Crippen LogP contribution in [0.2, 0.25) is 5.28 Å². The number of rotatable bonds is 6. The molecule has 1 saturated heterocycles. The molecule has 1 fully saturated rings. The van der Waals surface area contributed by atoms with E-state index in [0.717, 1.165) is 60.2 Å². The maximum absolute atomic E-state index is 6.18. The van der Waals surface area contributed by atoms with Crippen LogP contribution in [0.25, 0.3) is 22.4 Å². The molecule has 0 radical (unpaired) electrons. The Kier molecular flexibility index (Phi) is 5.46. The number of nitrogens with one attached hydrogen (secondary N) is 2. The second-order valence-electron chi connectivity index (χ2n) is 8.72. The Morgan fingerprint density at radius 1 is 1.12 bits per heavy atom. The number of piperidine rings is 1. The lowest BCUT2D eigenvalue weighted by Crippen LogP contribution is -2.28. The fourth-order valence-electron chi connectivity index (χ4n) is 4.85. The van der Waals surface area contributed by atoms with E-state index < -0.39 is 0 Å². The van der Waals surface area contributed by atoms with E-state index in [0.29, 0.717) is 23.5 Å². The number of ether oxygens (including phenoxy) is 2. The van der Waals surface area contributed by atoms with Gasteiger partial charge in [-0.2, -0.15) is 15.1 Å². The molecule has 34 heavy (non-hydrogen) atoms. The van der Waals surface area contributed by atoms with Gasteiger partial charge >= 0.3 is 0 Å². The smallest absolute Gasteiger partial charge is 0.231 e. The summed E-state index contributed by atoms with van der Waals surface area (Å²) in [6.45, 7) is 3.12. The van der Waals surface area contributed by atoms with Crippen LogP contribution in [0.15, 0.2) is 24.4 Å². The minimum atomic E-state index is 0.126. The lowest BCUT2D eigenvalue weighted by atomic mass is 9.94. The number of nitrogens with zero attached hydrogens (tertiary/aromatic N) is 5. The molecule has 4 N–H and O–H groups in total. The van der Waals surface area contributed by atoms with Gasteiger partial charge in [-0.1, -0.05) is 0 Å². The van der Waals surface area contributed by atoms with Gasteiger partial charge in [0, 0.05) is 24.7 Å². The first-order valence-corrected chi connectivity index (χ1v) is 11.8. The van der Waals surface area contributed by atoms with Crippen molar-refractivity contribution in [1.29, 1.82) is 0 Å². The van der Waals surface area contributed by atoms with E-state index in [1.807, 2.05) is 18.2 Å². The van der Waals surface area contributed by atoms with Crippen LogP contribution >= 0.6 is 11.6 Å². The number of anilines is 1. The van der Waals surface area contributed by atoms with Crippen LogP contribution in [0.3, 0.4) is 0 Å². The van der Waals surface area contributed by atoms with Crippen molar-refractivity contribution in [3.05, 3.63) is 41.1 Å². The maximum atomic E-state index is 6.18. The highest BCUT2D eigenvalue weighted by Gasteiger charge is 2.23. The Balaban J connectivity index is 1.42. The summed E-state index contributed by atoms with van der Waals surface area (Å²) in [6, 6.07) is 5.93. The minimum absolute atomic E-state index is 0.126. The van der Waals surface area contributed by atoms with Gasteiger partial charge in [-0.3, -0.25) is 5.10 Å². The number of hydrogen-bond acceptors (Lipinski definition) is 8. The Hall–Kier alpha value is -3.37. The summed E-state index contributed by atoms with van der Waals surface area (Å²) in [5, 5.41) is 10.7. The number of hydrogen-bond donors (Lipinski definition) is 3. The summed E-state index contributed by atoms with van der Waals surface area (Å²) in [5.74, 6) is 3.24. The highest BCUT2D eigenvalue weighted by atomic mass is 35.5. The Morgan fingerprint density at radius 3 is 2.74 bits per heavy atom. The lowest BCUT2D eigenvalue weighted by molar-refractivity contribution is 0.174. The number of aryl methyl sites for hydroxylation is 1. The number of benzene rings is 1. The highest BCUT2D eigenvalue weighted by molar-refractivity contribution is 6.28. The second kappa shape index (κ2) is 8.77. The van der Waals surface area contributed by atoms with Crippen LogP contribution in [-0.4, -0.2) is 49.6 Å². The molecule has 0 bridgehead atoms. The first-order valence-electron chi connectivity index (χ1n) is 11.5. The summed E-state index contributed by atoms with van der Waals surface area (Å²) in [4.78, 5) is 13.5. The summed E-state index contributed by atoms with van der Waals surface area (Å²) < 4.78 is 13.4. The fraction of sp³-hybridized carbons (Fsp3) is 0.391. The quantitative estimate of drug-likeness (QED) is 0.359. The Morgan fingerprint density at radius 2 is 1.94 bits per heavy atom. The van der Waals surface area contributed by atoms with Crippen molar-refractivity contribution >= 4 is 28.6 Å². The molecule has 11 heteroatoms. The van der Waals surface area contributed by atoms with Gasteiger partial charge < -0.3 is 25.1 Å². The molecule has 2 aliphatic heterocycles. The summed E-state index contributed by atoms with van der Waals surface area (Å²) in [5.41, 5.74) is 10.3. The number of aromatic nitrogens is 6. The highest BCUT2D eigenvalue weighted by Crippen LogP contribution is 2.39. The van der Waals surface area contributed by atoms with Crippen LogP contribution in [0.1, 0.15) is 30.7 Å². The number of H-pyrrole nitrogens is 1. The molecular formula is C23H25ClN8O2.